The van der Waals surface area contributed by atoms with Gasteiger partial charge in [-0.3, -0.25) is 4.79 Å². The van der Waals surface area contributed by atoms with Gasteiger partial charge in [-0.1, -0.05) is 65.7 Å². The second kappa shape index (κ2) is 11.9. The van der Waals surface area contributed by atoms with Gasteiger partial charge in [0, 0.05) is 34.3 Å². The van der Waals surface area contributed by atoms with E-state index in [1.165, 1.54) is 16.9 Å². The third-order valence-electron chi connectivity index (χ3n) is 7.62. The summed E-state index contributed by atoms with van der Waals surface area (Å²) in [5.41, 5.74) is 4.52. The Kier molecular flexibility index (Phi) is 8.37. The fourth-order valence-corrected chi connectivity index (χ4v) is 6.90. The van der Waals surface area contributed by atoms with E-state index < -0.39 is 0 Å². The summed E-state index contributed by atoms with van der Waals surface area (Å²) in [6, 6.07) is 23.5. The van der Waals surface area contributed by atoms with Crippen LogP contribution in [0.15, 0.2) is 66.7 Å². The average Bonchev–Trinajstić information content (AvgIpc) is 3.29. The minimum atomic E-state index is 0.00675. The van der Waals surface area contributed by atoms with Gasteiger partial charge in [-0.25, -0.2) is 0 Å². The van der Waals surface area contributed by atoms with Crippen molar-refractivity contribution in [1.82, 2.24) is 10.2 Å². The molecule has 6 heteroatoms. The van der Waals surface area contributed by atoms with Gasteiger partial charge in [0.1, 0.15) is 10.6 Å². The molecule has 0 radical (unpaired) electrons. The molecule has 5 rings (SSSR count). The number of amides is 1. The maximum absolute atomic E-state index is 14.2. The summed E-state index contributed by atoms with van der Waals surface area (Å²) in [5, 5.41) is 4.91. The van der Waals surface area contributed by atoms with Gasteiger partial charge in [0.25, 0.3) is 5.91 Å². The Morgan fingerprint density at radius 2 is 1.74 bits per heavy atom. The fraction of sp³-hybridized carbons (Fsp3) is 0.344. The lowest BCUT2D eigenvalue weighted by molar-refractivity contribution is 0.0604. The molecule has 198 valence electrons. The number of hydrogen-bond donors (Lipinski definition) is 1. The van der Waals surface area contributed by atoms with Crippen molar-refractivity contribution < 1.29 is 9.53 Å². The molecule has 1 aliphatic rings. The molecule has 1 N–H and O–H groups in total. The van der Waals surface area contributed by atoms with Crippen molar-refractivity contribution in [1.29, 1.82) is 0 Å². The van der Waals surface area contributed by atoms with Crippen molar-refractivity contribution in [2.24, 2.45) is 0 Å². The first-order valence-electron chi connectivity index (χ1n) is 13.5. The topological polar surface area (TPSA) is 41.6 Å². The largest absolute Gasteiger partial charge is 0.494 e. The average molecular weight is 547 g/mol. The van der Waals surface area contributed by atoms with E-state index in [0.29, 0.717) is 29.1 Å². The summed E-state index contributed by atoms with van der Waals surface area (Å²) in [6.07, 6.45) is 4.02. The molecule has 38 heavy (non-hydrogen) atoms. The van der Waals surface area contributed by atoms with Crippen molar-refractivity contribution in [3.05, 3.63) is 87.8 Å². The number of nitrogens with one attached hydrogen (secondary N) is 1. The normalized spacial score (nSPS) is 17.5. The van der Waals surface area contributed by atoms with E-state index in [-0.39, 0.29) is 11.9 Å². The zero-order chi connectivity index (χ0) is 26.6. The van der Waals surface area contributed by atoms with E-state index in [4.69, 9.17) is 16.3 Å². The van der Waals surface area contributed by atoms with Crippen LogP contribution in [-0.4, -0.2) is 36.5 Å². The number of hydrogen-bond acceptors (Lipinski definition) is 4. The molecule has 0 spiro atoms. The van der Waals surface area contributed by atoms with Gasteiger partial charge in [0.05, 0.1) is 11.6 Å². The molecule has 3 aromatic carbocycles. The van der Waals surface area contributed by atoms with Gasteiger partial charge in [-0.05, 0) is 75.9 Å². The second-order valence-electron chi connectivity index (χ2n) is 10.1. The molecule has 4 aromatic rings. The zero-order valence-corrected chi connectivity index (χ0v) is 23.9. The molecule has 1 aromatic heterocycles. The smallest absolute Gasteiger partial charge is 0.266 e. The van der Waals surface area contributed by atoms with Crippen LogP contribution in [0, 0.1) is 6.92 Å². The molecule has 0 unspecified atom stereocenters. The van der Waals surface area contributed by atoms with Gasteiger partial charge >= 0.3 is 0 Å². The van der Waals surface area contributed by atoms with Crippen molar-refractivity contribution in [3.63, 3.8) is 0 Å². The van der Waals surface area contributed by atoms with E-state index in [1.807, 2.05) is 44.3 Å². The number of nitrogens with zero attached hydrogens (tertiary/aromatic N) is 1. The Balaban J connectivity index is 1.53. The Hall–Kier alpha value is -2.86. The SMILES string of the molecule is CCOc1ccc(-c2ccc(C)cc2)cc1CN(C(=O)c1sc2ccccc2c1Cl)[C@H]1CC[C@H](NC)CC1. The number of fused-ring (bicyclic) bond motifs is 1. The van der Waals surface area contributed by atoms with E-state index in [9.17, 15) is 4.79 Å². The van der Waals surface area contributed by atoms with Crippen LogP contribution in [0.2, 0.25) is 5.02 Å². The van der Waals surface area contributed by atoms with Crippen molar-refractivity contribution >= 4 is 38.9 Å². The number of halogens is 1. The minimum Gasteiger partial charge on any atom is -0.494 e. The van der Waals surface area contributed by atoms with Crippen LogP contribution in [0.4, 0.5) is 0 Å². The van der Waals surface area contributed by atoms with E-state index >= 15 is 0 Å². The van der Waals surface area contributed by atoms with E-state index in [0.717, 1.165) is 58.2 Å². The Morgan fingerprint density at radius 3 is 2.42 bits per heavy atom. The van der Waals surface area contributed by atoms with Crippen LogP contribution in [0.5, 0.6) is 5.75 Å². The van der Waals surface area contributed by atoms with Crippen molar-refractivity contribution in [2.75, 3.05) is 13.7 Å². The summed E-state index contributed by atoms with van der Waals surface area (Å²) in [4.78, 5) is 16.9. The molecule has 0 aliphatic heterocycles. The summed E-state index contributed by atoms with van der Waals surface area (Å²) >= 11 is 8.30. The van der Waals surface area contributed by atoms with Gasteiger partial charge < -0.3 is 15.0 Å². The summed E-state index contributed by atoms with van der Waals surface area (Å²) in [5.74, 6) is 0.833. The quantitative estimate of drug-likeness (QED) is 0.243. The number of benzene rings is 3. The second-order valence-corrected chi connectivity index (χ2v) is 11.5. The molecule has 1 amide bonds. The molecule has 0 saturated heterocycles. The number of rotatable bonds is 8. The molecule has 1 saturated carbocycles. The number of thiophene rings is 1. The van der Waals surface area contributed by atoms with E-state index in [1.54, 1.807) is 0 Å². The lowest BCUT2D eigenvalue weighted by Gasteiger charge is -2.37. The molecular weight excluding hydrogens is 512 g/mol. The highest BCUT2D eigenvalue weighted by Gasteiger charge is 2.32. The van der Waals surface area contributed by atoms with Crippen LogP contribution in [0.3, 0.4) is 0 Å². The summed E-state index contributed by atoms with van der Waals surface area (Å²) in [7, 11) is 2.02. The molecule has 1 heterocycles. The van der Waals surface area contributed by atoms with Gasteiger partial charge in [0.2, 0.25) is 0 Å². The highest BCUT2D eigenvalue weighted by Crippen LogP contribution is 2.38. The number of aryl methyl sites for hydroxylation is 1. The highest BCUT2D eigenvalue weighted by molar-refractivity contribution is 7.21. The fourth-order valence-electron chi connectivity index (χ4n) is 5.43. The monoisotopic (exact) mass is 546 g/mol. The van der Waals surface area contributed by atoms with E-state index in [2.05, 4.69) is 53.5 Å². The number of ether oxygens (including phenoxy) is 1. The first kappa shape index (κ1) is 26.7. The number of carbonyl (C=O) groups excluding carboxylic acids is 1. The lowest BCUT2D eigenvalue weighted by atomic mass is 9.89. The third-order valence-corrected chi connectivity index (χ3v) is 9.29. The molecule has 0 bridgehead atoms. The lowest BCUT2D eigenvalue weighted by Crippen LogP contribution is -2.44. The predicted octanol–water partition coefficient (Wildman–Crippen LogP) is 8.10. The van der Waals surface area contributed by atoms with Gasteiger partial charge in [0.15, 0.2) is 0 Å². The van der Waals surface area contributed by atoms with Crippen LogP contribution in [0.1, 0.15) is 53.4 Å². The van der Waals surface area contributed by atoms with Crippen LogP contribution >= 0.6 is 22.9 Å². The summed E-state index contributed by atoms with van der Waals surface area (Å²) in [6.45, 7) is 5.14. The highest BCUT2D eigenvalue weighted by atomic mass is 35.5. The third kappa shape index (κ3) is 5.61. The van der Waals surface area contributed by atoms with Crippen LogP contribution < -0.4 is 10.1 Å². The first-order valence-corrected chi connectivity index (χ1v) is 14.7. The predicted molar refractivity (Wildman–Crippen MR) is 160 cm³/mol. The van der Waals surface area contributed by atoms with Crippen molar-refractivity contribution in [2.45, 2.75) is 58.2 Å². The molecule has 0 atom stereocenters. The maximum atomic E-state index is 14.2. The Labute approximate surface area is 234 Å². The molecular formula is C32H35ClN2O2S. The molecule has 4 nitrogen and oxygen atoms in total. The number of carbonyl (C=O) groups is 1. The van der Waals surface area contributed by atoms with Crippen LogP contribution in [0.25, 0.3) is 21.2 Å². The Bertz CT molecular complexity index is 1410. The first-order chi connectivity index (χ1) is 18.5. The molecule has 1 fully saturated rings. The standard InChI is InChI=1S/C32H35ClN2O2S/c1-4-37-28-18-13-23(22-11-9-21(2)10-12-22)19-24(28)20-35(26-16-14-25(34-3)15-17-26)32(36)31-30(33)27-7-5-6-8-29(27)38-31/h5-13,18-19,25-26,34H,4,14-17,20H2,1-3H3/t25-,26-. The van der Waals surface area contributed by atoms with Crippen molar-refractivity contribution in [3.8, 4) is 16.9 Å². The Morgan fingerprint density at radius 1 is 1.03 bits per heavy atom. The minimum absolute atomic E-state index is 0.00675. The molecule has 1 aliphatic carbocycles. The van der Waals surface area contributed by atoms with Gasteiger partial charge in [-0.2, -0.15) is 0 Å². The van der Waals surface area contributed by atoms with Crippen LogP contribution in [-0.2, 0) is 6.54 Å². The van der Waals surface area contributed by atoms with Gasteiger partial charge in [-0.15, -0.1) is 11.3 Å². The summed E-state index contributed by atoms with van der Waals surface area (Å²) < 4.78 is 7.09. The maximum Gasteiger partial charge on any atom is 0.266 e. The zero-order valence-electron chi connectivity index (χ0n) is 22.3.